The topological polar surface area (TPSA) is 0 Å². The molecule has 0 aliphatic rings. The molecule has 0 spiro atoms. The zero-order chi connectivity index (χ0) is 14.3. The van der Waals surface area contributed by atoms with Gasteiger partial charge in [0.05, 0.1) is 0 Å². The van der Waals surface area contributed by atoms with Crippen molar-refractivity contribution >= 4 is 0 Å². The molecular weight excluding hydrogens is 216 g/mol. The van der Waals surface area contributed by atoms with Gasteiger partial charge in [-0.2, -0.15) is 0 Å². The van der Waals surface area contributed by atoms with Crippen LogP contribution in [0.25, 0.3) is 0 Å². The Hall–Kier alpha value is 0. The molecule has 6 unspecified atom stereocenters. The van der Waals surface area contributed by atoms with Gasteiger partial charge in [-0.15, -0.1) is 0 Å². The summed E-state index contributed by atoms with van der Waals surface area (Å²) in [6.45, 7) is 19.3. The van der Waals surface area contributed by atoms with Gasteiger partial charge in [0.1, 0.15) is 0 Å². The molecule has 0 radical (unpaired) electrons. The molecule has 0 saturated heterocycles. The van der Waals surface area contributed by atoms with Gasteiger partial charge in [0.15, 0.2) is 0 Å². The number of hydrogen-bond donors (Lipinski definition) is 0. The molecule has 0 nitrogen and oxygen atoms in total. The van der Waals surface area contributed by atoms with Gasteiger partial charge in [-0.25, -0.2) is 0 Å². The Morgan fingerprint density at radius 1 is 0.500 bits per heavy atom. The third-order valence-corrected chi connectivity index (χ3v) is 5.93. The zero-order valence-electron chi connectivity index (χ0n) is 14.3. The summed E-state index contributed by atoms with van der Waals surface area (Å²) < 4.78 is 0. The molecule has 0 aliphatic heterocycles. The highest BCUT2D eigenvalue weighted by atomic mass is 14.4. The monoisotopic (exact) mass is 254 g/mol. The third kappa shape index (κ3) is 4.59. The molecule has 18 heavy (non-hydrogen) atoms. The molecule has 0 aromatic rings. The minimum atomic E-state index is 0.869. The van der Waals surface area contributed by atoms with Crippen LogP contribution in [-0.2, 0) is 0 Å². The zero-order valence-corrected chi connectivity index (χ0v) is 14.3. The fourth-order valence-corrected chi connectivity index (χ4v) is 3.72. The molecule has 0 N–H and O–H groups in total. The van der Waals surface area contributed by atoms with Gasteiger partial charge in [0.2, 0.25) is 0 Å². The first-order valence-corrected chi connectivity index (χ1v) is 8.44. The average Bonchev–Trinajstić information content (AvgIpc) is 2.41. The van der Waals surface area contributed by atoms with Crippen molar-refractivity contribution in [1.29, 1.82) is 0 Å². The second kappa shape index (κ2) is 8.99. The lowest BCUT2D eigenvalue weighted by Crippen LogP contribution is -2.31. The van der Waals surface area contributed by atoms with Crippen LogP contribution in [0, 0.1) is 35.5 Å². The lowest BCUT2D eigenvalue weighted by Gasteiger charge is -2.39. The van der Waals surface area contributed by atoms with Crippen LogP contribution >= 0.6 is 0 Å². The predicted molar refractivity (Wildman–Crippen MR) is 84.8 cm³/mol. The third-order valence-electron chi connectivity index (χ3n) is 5.93. The SMILES string of the molecule is CCC(C)C(C)C(CC)C(CC)C(C)C(C)CC. The maximum atomic E-state index is 2.49. The smallest absolute Gasteiger partial charge is 0.0358 e. The Balaban J connectivity index is 4.86. The van der Waals surface area contributed by atoms with Crippen LogP contribution < -0.4 is 0 Å². The molecule has 0 rings (SSSR count). The molecule has 0 heteroatoms. The van der Waals surface area contributed by atoms with E-state index in [4.69, 9.17) is 0 Å². The van der Waals surface area contributed by atoms with Crippen molar-refractivity contribution in [2.45, 2.75) is 81.1 Å². The summed E-state index contributed by atoms with van der Waals surface area (Å²) in [5.74, 6) is 5.30. The minimum absolute atomic E-state index is 0.869. The second-order valence-corrected chi connectivity index (χ2v) is 6.63. The Labute approximate surface area is 117 Å². The summed E-state index contributed by atoms with van der Waals surface area (Å²) in [4.78, 5) is 0. The fraction of sp³-hybridized carbons (Fsp3) is 1.00. The van der Waals surface area contributed by atoms with Crippen molar-refractivity contribution < 1.29 is 0 Å². The first-order valence-electron chi connectivity index (χ1n) is 8.44. The standard InChI is InChI=1S/C18H38/c1-9-13(5)15(7)17(11-3)18(12-4)16(8)14(6)10-2/h13-18H,9-12H2,1-8H3. The lowest BCUT2D eigenvalue weighted by molar-refractivity contribution is 0.102. The first kappa shape index (κ1) is 18.0. The summed E-state index contributed by atoms with van der Waals surface area (Å²) >= 11 is 0. The Kier molecular flexibility index (Phi) is 8.99. The van der Waals surface area contributed by atoms with Crippen LogP contribution in [0.4, 0.5) is 0 Å². The molecule has 0 aromatic heterocycles. The van der Waals surface area contributed by atoms with Crippen LogP contribution in [0.1, 0.15) is 81.1 Å². The summed E-state index contributed by atoms with van der Waals surface area (Å²) in [5, 5.41) is 0. The predicted octanol–water partition coefficient (Wildman–Crippen LogP) is 6.40. The lowest BCUT2D eigenvalue weighted by atomic mass is 9.66. The molecule has 0 fully saturated rings. The largest absolute Gasteiger partial charge is 0.0651 e. The molecule has 110 valence electrons. The van der Waals surface area contributed by atoms with Crippen molar-refractivity contribution in [1.82, 2.24) is 0 Å². The molecule has 0 bridgehead atoms. The fourth-order valence-electron chi connectivity index (χ4n) is 3.72. The van der Waals surface area contributed by atoms with E-state index in [1.165, 1.54) is 25.7 Å². The van der Waals surface area contributed by atoms with E-state index in [1.54, 1.807) is 0 Å². The van der Waals surface area contributed by atoms with Gasteiger partial charge in [-0.3, -0.25) is 0 Å². The highest BCUT2D eigenvalue weighted by molar-refractivity contribution is 4.81. The van der Waals surface area contributed by atoms with Crippen molar-refractivity contribution in [3.63, 3.8) is 0 Å². The van der Waals surface area contributed by atoms with Crippen molar-refractivity contribution in [3.8, 4) is 0 Å². The number of rotatable bonds is 9. The summed E-state index contributed by atoms with van der Waals surface area (Å²) in [5.41, 5.74) is 0. The van der Waals surface area contributed by atoms with E-state index < -0.39 is 0 Å². The van der Waals surface area contributed by atoms with Gasteiger partial charge in [0.25, 0.3) is 0 Å². The normalized spacial score (nSPS) is 22.0. The van der Waals surface area contributed by atoms with Crippen LogP contribution in [0.5, 0.6) is 0 Å². The van der Waals surface area contributed by atoms with Crippen LogP contribution in [0.2, 0.25) is 0 Å². The maximum absolute atomic E-state index is 2.49. The molecule has 0 amide bonds. The van der Waals surface area contributed by atoms with Gasteiger partial charge < -0.3 is 0 Å². The molecule has 6 atom stereocenters. The molecule has 0 aliphatic carbocycles. The van der Waals surface area contributed by atoms with E-state index in [0.717, 1.165) is 35.5 Å². The molecule has 0 aromatic carbocycles. The van der Waals surface area contributed by atoms with Crippen LogP contribution in [0.3, 0.4) is 0 Å². The van der Waals surface area contributed by atoms with E-state index in [9.17, 15) is 0 Å². The van der Waals surface area contributed by atoms with E-state index in [2.05, 4.69) is 55.4 Å². The minimum Gasteiger partial charge on any atom is -0.0651 e. The highest BCUT2D eigenvalue weighted by Gasteiger charge is 2.32. The van der Waals surface area contributed by atoms with Gasteiger partial charge >= 0.3 is 0 Å². The van der Waals surface area contributed by atoms with E-state index in [1.807, 2.05) is 0 Å². The van der Waals surface area contributed by atoms with Crippen molar-refractivity contribution in [3.05, 3.63) is 0 Å². The number of hydrogen-bond acceptors (Lipinski definition) is 0. The maximum Gasteiger partial charge on any atom is -0.0358 e. The molecule has 0 heterocycles. The second-order valence-electron chi connectivity index (χ2n) is 6.63. The molecular formula is C18H38. The van der Waals surface area contributed by atoms with Crippen molar-refractivity contribution in [2.24, 2.45) is 35.5 Å². The highest BCUT2D eigenvalue weighted by Crippen LogP contribution is 2.39. The first-order chi connectivity index (χ1) is 8.44. The average molecular weight is 255 g/mol. The summed E-state index contributed by atoms with van der Waals surface area (Å²) in [6.07, 6.45) is 5.35. The van der Waals surface area contributed by atoms with Gasteiger partial charge in [-0.05, 0) is 35.5 Å². The van der Waals surface area contributed by atoms with Crippen molar-refractivity contribution in [2.75, 3.05) is 0 Å². The Bertz CT molecular complexity index is 174. The molecule has 0 saturated carbocycles. The van der Waals surface area contributed by atoms with Crippen LogP contribution in [-0.4, -0.2) is 0 Å². The van der Waals surface area contributed by atoms with E-state index in [-0.39, 0.29) is 0 Å². The summed E-state index contributed by atoms with van der Waals surface area (Å²) in [7, 11) is 0. The van der Waals surface area contributed by atoms with E-state index in [0.29, 0.717) is 0 Å². The van der Waals surface area contributed by atoms with Crippen LogP contribution in [0.15, 0.2) is 0 Å². The Morgan fingerprint density at radius 3 is 0.944 bits per heavy atom. The Morgan fingerprint density at radius 2 is 0.778 bits per heavy atom. The quantitative estimate of drug-likeness (QED) is 0.446. The van der Waals surface area contributed by atoms with E-state index >= 15 is 0 Å². The van der Waals surface area contributed by atoms with Gasteiger partial charge in [-0.1, -0.05) is 81.1 Å². The summed E-state index contributed by atoms with van der Waals surface area (Å²) in [6, 6.07) is 0. The van der Waals surface area contributed by atoms with Gasteiger partial charge in [0, 0.05) is 0 Å².